The fourth-order valence-electron chi connectivity index (χ4n) is 0.618. The fraction of sp³-hybridized carbons (Fsp3) is 0.833. The van der Waals surface area contributed by atoms with Crippen LogP contribution in [0.15, 0.2) is 0 Å². The van der Waals surface area contributed by atoms with Gasteiger partial charge in [-0.1, -0.05) is 0 Å². The third kappa shape index (κ3) is 5.47. The van der Waals surface area contributed by atoms with Gasteiger partial charge < -0.3 is 30.3 Å². The number of aliphatic hydroxyl groups excluding tert-OH is 5. The van der Waals surface area contributed by atoms with Crippen LogP contribution >= 0.6 is 0 Å². The van der Waals surface area contributed by atoms with Gasteiger partial charge in [-0.2, -0.15) is 0 Å². The molecule has 7 heteroatoms. The molecular weight excluding hydrogens is 305 g/mol. The van der Waals surface area contributed by atoms with Crippen LogP contribution in [-0.4, -0.2) is 112 Å². The number of rotatable bonds is 5. The first-order valence-corrected chi connectivity index (χ1v) is 3.33. The molecule has 0 spiro atoms. The zero-order chi connectivity index (χ0) is 9.72. The Bertz CT molecular complexity index is 143. The van der Waals surface area contributed by atoms with E-state index in [0.29, 0.717) is 0 Å². The molecule has 0 aliphatic carbocycles. The summed E-state index contributed by atoms with van der Waals surface area (Å²) >= 11 is 0. The molecule has 6 nitrogen and oxygen atoms in total. The summed E-state index contributed by atoms with van der Waals surface area (Å²) in [6, 6.07) is 0. The van der Waals surface area contributed by atoms with Crippen molar-refractivity contribution in [2.45, 2.75) is 24.4 Å². The second-order valence-electron chi connectivity index (χ2n) is 2.36. The summed E-state index contributed by atoms with van der Waals surface area (Å²) < 4.78 is 0. The van der Waals surface area contributed by atoms with E-state index in [-0.39, 0.29) is 55.2 Å². The first-order chi connectivity index (χ1) is 5.54. The van der Waals surface area contributed by atoms with E-state index in [1.807, 2.05) is 0 Å². The number of carbonyl (C=O) groups excluding carboxylic acids is 1. The predicted octanol–water partition coefficient (Wildman–Crippen LogP) is -4.29. The molecule has 0 amide bonds. The third-order valence-electron chi connectivity index (χ3n) is 1.42. The van der Waals surface area contributed by atoms with Crippen LogP contribution in [0, 0.1) is 0 Å². The number of hydrogen-bond donors (Lipinski definition) is 5. The van der Waals surface area contributed by atoms with Crippen molar-refractivity contribution in [3.63, 3.8) is 0 Å². The van der Waals surface area contributed by atoms with Gasteiger partial charge in [-0.15, -0.1) is 0 Å². The Hall–Kier alpha value is 1.04. The number of aliphatic hydroxyl groups is 5. The Kier molecular flexibility index (Phi) is 10.6. The van der Waals surface area contributed by atoms with Crippen molar-refractivity contribution in [3.8, 4) is 0 Å². The molecule has 0 radical (unpaired) electrons. The third-order valence-corrected chi connectivity index (χ3v) is 1.42. The van der Waals surface area contributed by atoms with Gasteiger partial charge in [0.2, 0.25) is 0 Å². The molecular formula is C6H14BaO6. The molecule has 0 saturated carbocycles. The van der Waals surface area contributed by atoms with E-state index >= 15 is 0 Å². The van der Waals surface area contributed by atoms with Crippen molar-refractivity contribution in [1.82, 2.24) is 0 Å². The summed E-state index contributed by atoms with van der Waals surface area (Å²) in [5, 5.41) is 43.5. The Morgan fingerprint density at radius 2 is 1.54 bits per heavy atom. The van der Waals surface area contributed by atoms with Crippen LogP contribution in [0.2, 0.25) is 0 Å². The molecule has 0 aromatic rings. The molecule has 0 fully saturated rings. The van der Waals surface area contributed by atoms with Crippen molar-refractivity contribution in [2.24, 2.45) is 0 Å². The monoisotopic (exact) mass is 320 g/mol. The molecule has 0 unspecified atom stereocenters. The predicted molar refractivity (Wildman–Crippen MR) is 45.7 cm³/mol. The van der Waals surface area contributed by atoms with Crippen molar-refractivity contribution in [1.29, 1.82) is 0 Å². The van der Waals surface area contributed by atoms with Crippen LogP contribution in [0.4, 0.5) is 0 Å². The molecule has 0 heterocycles. The van der Waals surface area contributed by atoms with Gasteiger partial charge in [-0.3, -0.25) is 0 Å². The Balaban J connectivity index is 0. The first-order valence-electron chi connectivity index (χ1n) is 3.33. The summed E-state index contributed by atoms with van der Waals surface area (Å²) in [4.78, 5) is 9.90. The van der Waals surface area contributed by atoms with E-state index in [4.69, 9.17) is 25.5 Å². The van der Waals surface area contributed by atoms with Crippen molar-refractivity contribution in [3.05, 3.63) is 0 Å². The van der Waals surface area contributed by atoms with Crippen LogP contribution in [-0.2, 0) is 4.79 Å². The molecule has 5 N–H and O–H groups in total. The van der Waals surface area contributed by atoms with Crippen LogP contribution in [0.25, 0.3) is 0 Å². The normalized spacial score (nSPS) is 19.5. The zero-order valence-corrected chi connectivity index (χ0v) is 6.24. The molecule has 0 aromatic heterocycles. The molecule has 13 heavy (non-hydrogen) atoms. The summed E-state index contributed by atoms with van der Waals surface area (Å²) in [7, 11) is 0. The van der Waals surface area contributed by atoms with E-state index in [1.54, 1.807) is 0 Å². The summed E-state index contributed by atoms with van der Waals surface area (Å²) in [6.45, 7) is -0.760. The van der Waals surface area contributed by atoms with Gasteiger partial charge in [-0.25, -0.2) is 0 Å². The average Bonchev–Trinajstić information content (AvgIpc) is 2.12. The zero-order valence-electron chi connectivity index (χ0n) is 6.24. The van der Waals surface area contributed by atoms with Crippen LogP contribution in [0.5, 0.6) is 0 Å². The van der Waals surface area contributed by atoms with E-state index < -0.39 is 31.0 Å². The summed E-state index contributed by atoms with van der Waals surface area (Å²) in [5.74, 6) is 0. The summed E-state index contributed by atoms with van der Waals surface area (Å²) in [6.07, 6.45) is -6.84. The maximum absolute atomic E-state index is 9.90. The molecule has 76 valence electrons. The molecule has 0 aliphatic rings. The van der Waals surface area contributed by atoms with E-state index in [9.17, 15) is 4.79 Å². The van der Waals surface area contributed by atoms with Crippen molar-refractivity contribution in [2.75, 3.05) is 6.61 Å². The first kappa shape index (κ1) is 16.5. The van der Waals surface area contributed by atoms with Crippen LogP contribution in [0.3, 0.4) is 0 Å². The van der Waals surface area contributed by atoms with Gasteiger partial charge >= 0.3 is 48.9 Å². The van der Waals surface area contributed by atoms with Gasteiger partial charge in [0.05, 0.1) is 6.61 Å². The second-order valence-corrected chi connectivity index (χ2v) is 2.36. The SMILES string of the molecule is O=C[C@H](O)[C@@H](O)[C@H](O)[C@H](O)CO.[BaH2]. The number of carbonyl (C=O) groups is 1. The van der Waals surface area contributed by atoms with Gasteiger partial charge in [0.25, 0.3) is 0 Å². The Morgan fingerprint density at radius 1 is 1.08 bits per heavy atom. The van der Waals surface area contributed by atoms with Gasteiger partial charge in [0, 0.05) is 0 Å². The molecule has 4 atom stereocenters. The molecule has 0 aliphatic heterocycles. The second kappa shape index (κ2) is 8.36. The summed E-state index contributed by atoms with van der Waals surface area (Å²) in [5.41, 5.74) is 0. The molecule has 0 bridgehead atoms. The van der Waals surface area contributed by atoms with Crippen molar-refractivity contribution >= 4 is 55.2 Å². The van der Waals surface area contributed by atoms with Gasteiger partial charge in [-0.05, 0) is 0 Å². The van der Waals surface area contributed by atoms with Crippen LogP contribution in [0.1, 0.15) is 0 Å². The number of aldehydes is 1. The fourth-order valence-corrected chi connectivity index (χ4v) is 0.618. The van der Waals surface area contributed by atoms with E-state index in [0.717, 1.165) is 0 Å². The number of hydrogen-bond acceptors (Lipinski definition) is 6. The molecule has 0 aromatic carbocycles. The standard InChI is InChI=1S/C6H12O6.Ba.2H/c7-1-3(9)5(11)6(12)4(10)2-8;;;/h1,3-6,8-12H,2H2;;;/t3-,4+,5+,6+;;;/m0.../s1. The molecule has 0 saturated heterocycles. The Labute approximate surface area is 115 Å². The topological polar surface area (TPSA) is 118 Å². The van der Waals surface area contributed by atoms with E-state index in [1.165, 1.54) is 0 Å². The minimum absolute atomic E-state index is 0. The van der Waals surface area contributed by atoms with Gasteiger partial charge in [0.15, 0.2) is 6.29 Å². The molecule has 0 rings (SSSR count). The quantitative estimate of drug-likeness (QED) is 0.258. The van der Waals surface area contributed by atoms with E-state index in [2.05, 4.69) is 0 Å². The maximum atomic E-state index is 9.90. The van der Waals surface area contributed by atoms with Crippen LogP contribution < -0.4 is 0 Å². The van der Waals surface area contributed by atoms with Gasteiger partial charge in [0.1, 0.15) is 24.4 Å². The van der Waals surface area contributed by atoms with Crippen molar-refractivity contribution < 1.29 is 30.3 Å². The minimum atomic E-state index is -1.79. The average molecular weight is 320 g/mol. The Morgan fingerprint density at radius 3 is 1.85 bits per heavy atom.